The van der Waals surface area contributed by atoms with Crippen molar-refractivity contribution in [3.8, 4) is 0 Å². The number of halogens is 1. The van der Waals surface area contributed by atoms with Crippen LogP contribution in [0.4, 0.5) is 5.69 Å². The van der Waals surface area contributed by atoms with Gasteiger partial charge in [0.25, 0.3) is 0 Å². The molecule has 4 N–H and O–H groups in total. The molecule has 0 aliphatic rings. The van der Waals surface area contributed by atoms with Crippen LogP contribution in [-0.4, -0.2) is 17.6 Å². The number of para-hydroxylation sites is 1. The van der Waals surface area contributed by atoms with E-state index in [2.05, 4.69) is 5.32 Å². The van der Waals surface area contributed by atoms with Crippen molar-refractivity contribution in [3.05, 3.63) is 28.8 Å². The van der Waals surface area contributed by atoms with E-state index in [1.54, 1.807) is 18.2 Å². The minimum absolute atomic E-state index is 0.228. The predicted molar refractivity (Wildman–Crippen MR) is 64.4 cm³/mol. The molecule has 1 atom stereocenters. The monoisotopic (exact) mass is 242 g/mol. The van der Waals surface area contributed by atoms with Crippen LogP contribution in [0.5, 0.6) is 0 Å². The zero-order valence-electron chi connectivity index (χ0n) is 9.03. The smallest absolute Gasteiger partial charge is 0.221 e. The van der Waals surface area contributed by atoms with Crippen molar-refractivity contribution in [1.29, 1.82) is 0 Å². The van der Waals surface area contributed by atoms with Crippen LogP contribution in [0.15, 0.2) is 18.2 Å². The molecule has 1 aromatic rings. The van der Waals surface area contributed by atoms with Gasteiger partial charge in [-0.05, 0) is 19.0 Å². The topological polar surface area (TPSA) is 75.3 Å². The van der Waals surface area contributed by atoms with Crippen molar-refractivity contribution in [1.82, 2.24) is 0 Å². The summed E-state index contributed by atoms with van der Waals surface area (Å²) in [5.74, 6) is -0.228. The maximum atomic E-state index is 11.0. The highest BCUT2D eigenvalue weighted by molar-refractivity contribution is 6.33. The fourth-order valence-corrected chi connectivity index (χ4v) is 1.67. The Morgan fingerprint density at radius 1 is 1.62 bits per heavy atom. The SMILES string of the molecule is CC(=O)Nc1c(Cl)cccc1C(O)CCN. The number of amides is 1. The van der Waals surface area contributed by atoms with E-state index in [-0.39, 0.29) is 5.91 Å². The third-order valence-corrected chi connectivity index (χ3v) is 2.46. The van der Waals surface area contributed by atoms with Crippen molar-refractivity contribution in [2.75, 3.05) is 11.9 Å². The molecular weight excluding hydrogens is 228 g/mol. The highest BCUT2D eigenvalue weighted by Crippen LogP contribution is 2.31. The Hall–Kier alpha value is -1.10. The summed E-state index contributed by atoms with van der Waals surface area (Å²) in [5.41, 5.74) is 6.42. The molecule has 0 aliphatic carbocycles. The van der Waals surface area contributed by atoms with Crippen molar-refractivity contribution in [2.24, 2.45) is 5.73 Å². The number of hydrogen-bond donors (Lipinski definition) is 3. The Morgan fingerprint density at radius 2 is 2.31 bits per heavy atom. The van der Waals surface area contributed by atoms with Crippen LogP contribution in [0.2, 0.25) is 5.02 Å². The lowest BCUT2D eigenvalue weighted by atomic mass is 10.0. The molecule has 1 rings (SSSR count). The van der Waals surface area contributed by atoms with Gasteiger partial charge in [0.05, 0.1) is 16.8 Å². The summed E-state index contributed by atoms with van der Waals surface area (Å²) in [6.45, 7) is 1.76. The molecule has 0 saturated heterocycles. The van der Waals surface area contributed by atoms with Crippen LogP contribution in [-0.2, 0) is 4.79 Å². The van der Waals surface area contributed by atoms with E-state index in [1.807, 2.05) is 0 Å². The van der Waals surface area contributed by atoms with Gasteiger partial charge < -0.3 is 16.2 Å². The lowest BCUT2D eigenvalue weighted by Gasteiger charge is -2.16. The third kappa shape index (κ3) is 3.20. The first-order chi connectivity index (χ1) is 7.56. The van der Waals surface area contributed by atoms with Gasteiger partial charge in [0.2, 0.25) is 5.91 Å². The Labute approximate surface area is 99.4 Å². The molecule has 0 bridgehead atoms. The molecule has 1 unspecified atom stereocenters. The molecule has 0 radical (unpaired) electrons. The van der Waals surface area contributed by atoms with Crippen LogP contribution in [0, 0.1) is 0 Å². The van der Waals surface area contributed by atoms with Gasteiger partial charge in [-0.25, -0.2) is 0 Å². The highest BCUT2D eigenvalue weighted by atomic mass is 35.5. The molecule has 0 aromatic heterocycles. The Balaban J connectivity index is 3.06. The Morgan fingerprint density at radius 3 is 2.88 bits per heavy atom. The van der Waals surface area contributed by atoms with E-state index in [0.717, 1.165) is 0 Å². The van der Waals surface area contributed by atoms with Gasteiger partial charge >= 0.3 is 0 Å². The standard InChI is InChI=1S/C11H15ClN2O2/c1-7(15)14-11-8(10(16)5-6-13)3-2-4-9(11)12/h2-4,10,16H,5-6,13H2,1H3,(H,14,15). The number of carbonyl (C=O) groups is 1. The number of aliphatic hydroxyl groups is 1. The molecule has 5 heteroatoms. The van der Waals surface area contributed by atoms with Gasteiger partial charge in [-0.3, -0.25) is 4.79 Å². The lowest BCUT2D eigenvalue weighted by molar-refractivity contribution is -0.114. The van der Waals surface area contributed by atoms with Gasteiger partial charge in [0.15, 0.2) is 0 Å². The van der Waals surface area contributed by atoms with E-state index in [9.17, 15) is 9.90 Å². The Kier molecular flexibility index (Phi) is 4.73. The summed E-state index contributed by atoms with van der Waals surface area (Å²) in [5, 5.41) is 12.9. The molecule has 0 saturated carbocycles. The highest BCUT2D eigenvalue weighted by Gasteiger charge is 2.14. The van der Waals surface area contributed by atoms with Crippen molar-refractivity contribution in [3.63, 3.8) is 0 Å². The number of nitrogens with two attached hydrogens (primary N) is 1. The maximum absolute atomic E-state index is 11.0. The van der Waals surface area contributed by atoms with Crippen LogP contribution >= 0.6 is 11.6 Å². The second-order valence-electron chi connectivity index (χ2n) is 3.48. The fourth-order valence-electron chi connectivity index (χ4n) is 1.44. The minimum Gasteiger partial charge on any atom is -0.388 e. The second kappa shape index (κ2) is 5.84. The summed E-state index contributed by atoms with van der Waals surface area (Å²) in [7, 11) is 0. The number of rotatable bonds is 4. The van der Waals surface area contributed by atoms with Gasteiger partial charge in [0.1, 0.15) is 0 Å². The minimum atomic E-state index is -0.717. The zero-order chi connectivity index (χ0) is 12.1. The molecule has 0 fully saturated rings. The van der Waals surface area contributed by atoms with Gasteiger partial charge in [-0.1, -0.05) is 23.7 Å². The van der Waals surface area contributed by atoms with Crippen molar-refractivity contribution >= 4 is 23.2 Å². The second-order valence-corrected chi connectivity index (χ2v) is 3.89. The average Bonchev–Trinajstić information content (AvgIpc) is 2.20. The summed E-state index contributed by atoms with van der Waals surface area (Å²) >= 11 is 5.96. The first-order valence-electron chi connectivity index (χ1n) is 5.00. The van der Waals surface area contributed by atoms with Gasteiger partial charge in [0, 0.05) is 12.5 Å². The quantitative estimate of drug-likeness (QED) is 0.752. The van der Waals surface area contributed by atoms with Crippen molar-refractivity contribution in [2.45, 2.75) is 19.4 Å². The fraction of sp³-hybridized carbons (Fsp3) is 0.364. The first kappa shape index (κ1) is 13.0. The third-order valence-electron chi connectivity index (χ3n) is 2.15. The van der Waals surface area contributed by atoms with Crippen LogP contribution in [0.1, 0.15) is 25.0 Å². The van der Waals surface area contributed by atoms with Crippen LogP contribution in [0.3, 0.4) is 0 Å². The van der Waals surface area contributed by atoms with E-state index < -0.39 is 6.10 Å². The molecular formula is C11H15ClN2O2. The number of anilines is 1. The van der Waals surface area contributed by atoms with Crippen LogP contribution in [0.25, 0.3) is 0 Å². The van der Waals surface area contributed by atoms with Gasteiger partial charge in [-0.15, -0.1) is 0 Å². The lowest BCUT2D eigenvalue weighted by Crippen LogP contribution is -2.13. The number of hydrogen-bond acceptors (Lipinski definition) is 3. The summed E-state index contributed by atoms with van der Waals surface area (Å²) < 4.78 is 0. The van der Waals surface area contributed by atoms with E-state index in [0.29, 0.717) is 29.2 Å². The number of nitrogens with one attached hydrogen (secondary N) is 1. The normalized spacial score (nSPS) is 12.2. The summed E-state index contributed by atoms with van der Waals surface area (Å²) in [6.07, 6.45) is -0.294. The number of carbonyl (C=O) groups excluding carboxylic acids is 1. The first-order valence-corrected chi connectivity index (χ1v) is 5.38. The summed E-state index contributed by atoms with van der Waals surface area (Å²) in [6, 6.07) is 5.10. The van der Waals surface area contributed by atoms with Crippen molar-refractivity contribution < 1.29 is 9.90 Å². The predicted octanol–water partition coefficient (Wildman–Crippen LogP) is 1.68. The largest absolute Gasteiger partial charge is 0.388 e. The Bertz CT molecular complexity index is 382. The molecule has 0 aliphatic heterocycles. The molecule has 4 nitrogen and oxygen atoms in total. The van der Waals surface area contributed by atoms with Crippen LogP contribution < -0.4 is 11.1 Å². The molecule has 0 spiro atoms. The van der Waals surface area contributed by atoms with Gasteiger partial charge in [-0.2, -0.15) is 0 Å². The molecule has 1 amide bonds. The molecule has 88 valence electrons. The maximum Gasteiger partial charge on any atom is 0.221 e. The van der Waals surface area contributed by atoms with E-state index in [4.69, 9.17) is 17.3 Å². The molecule has 1 aromatic carbocycles. The number of benzene rings is 1. The molecule has 16 heavy (non-hydrogen) atoms. The van der Waals surface area contributed by atoms with E-state index in [1.165, 1.54) is 6.92 Å². The number of aliphatic hydroxyl groups excluding tert-OH is 1. The summed E-state index contributed by atoms with van der Waals surface area (Å²) in [4.78, 5) is 11.0. The molecule has 0 heterocycles. The average molecular weight is 243 g/mol. The zero-order valence-corrected chi connectivity index (χ0v) is 9.79. The van der Waals surface area contributed by atoms with E-state index >= 15 is 0 Å².